The molecule has 2 unspecified atom stereocenters. The molecule has 0 aromatic carbocycles. The van der Waals surface area contributed by atoms with E-state index in [1.54, 1.807) is 6.20 Å². The molecule has 2 heterocycles. The lowest BCUT2D eigenvalue weighted by Crippen LogP contribution is -2.09. The van der Waals surface area contributed by atoms with Gasteiger partial charge in [-0.05, 0) is 49.1 Å². The summed E-state index contributed by atoms with van der Waals surface area (Å²) in [6.45, 7) is 1.94. The number of hydrogen-bond donors (Lipinski definition) is 1. The molecule has 2 aromatic rings. The third kappa shape index (κ3) is 1.91. The summed E-state index contributed by atoms with van der Waals surface area (Å²) in [5.41, 5.74) is 4.20. The number of rotatable bonds is 2. The van der Waals surface area contributed by atoms with Crippen LogP contribution in [0.15, 0.2) is 36.7 Å². The van der Waals surface area contributed by atoms with E-state index in [0.717, 1.165) is 29.8 Å². The molecule has 0 spiro atoms. The van der Waals surface area contributed by atoms with E-state index in [-0.39, 0.29) is 5.92 Å². The van der Waals surface area contributed by atoms with Crippen molar-refractivity contribution in [3.8, 4) is 0 Å². The summed E-state index contributed by atoms with van der Waals surface area (Å²) in [5.74, 6) is 0.114. The van der Waals surface area contributed by atoms with Gasteiger partial charge in [-0.25, -0.2) is 0 Å². The molecular formula is C15H16N2O. The Bertz CT molecular complexity index is 568. The lowest BCUT2D eigenvalue weighted by molar-refractivity contribution is 0.143. The molecule has 3 nitrogen and oxygen atoms in total. The number of pyridine rings is 2. The second-order valence-electron chi connectivity index (χ2n) is 4.87. The van der Waals surface area contributed by atoms with E-state index in [9.17, 15) is 5.11 Å². The zero-order chi connectivity index (χ0) is 12.5. The van der Waals surface area contributed by atoms with Crippen LogP contribution in [0.3, 0.4) is 0 Å². The smallest absolute Gasteiger partial charge is 0.0875 e. The van der Waals surface area contributed by atoms with Gasteiger partial charge in [0.15, 0.2) is 0 Å². The topological polar surface area (TPSA) is 46.0 Å². The average Bonchev–Trinajstić information content (AvgIpc) is 2.82. The standard InChI is InChI=1S/C15H16N2O/c1-10-9-12(6-8-16-10)15(18)13-5-4-11-3-2-7-17-14(11)13/h2-3,6-9,13,15,18H,4-5H2,1H3. The number of nitrogens with zero attached hydrogens (tertiary/aromatic N) is 2. The molecule has 18 heavy (non-hydrogen) atoms. The van der Waals surface area contributed by atoms with Gasteiger partial charge >= 0.3 is 0 Å². The molecule has 2 aromatic heterocycles. The van der Waals surface area contributed by atoms with Gasteiger partial charge in [0, 0.05) is 29.7 Å². The molecule has 1 aliphatic rings. The minimum absolute atomic E-state index is 0.114. The van der Waals surface area contributed by atoms with Crippen LogP contribution in [0.2, 0.25) is 0 Å². The fourth-order valence-corrected chi connectivity index (χ4v) is 2.73. The maximum Gasteiger partial charge on any atom is 0.0875 e. The van der Waals surface area contributed by atoms with Gasteiger partial charge in [-0.2, -0.15) is 0 Å². The molecule has 0 bridgehead atoms. The van der Waals surface area contributed by atoms with E-state index < -0.39 is 6.10 Å². The summed E-state index contributed by atoms with van der Waals surface area (Å²) in [7, 11) is 0. The highest BCUT2D eigenvalue weighted by Crippen LogP contribution is 2.40. The van der Waals surface area contributed by atoms with Crippen molar-refractivity contribution in [1.29, 1.82) is 0 Å². The van der Waals surface area contributed by atoms with Crippen molar-refractivity contribution >= 4 is 0 Å². The van der Waals surface area contributed by atoms with E-state index in [0.29, 0.717) is 0 Å². The van der Waals surface area contributed by atoms with Gasteiger partial charge in [0.1, 0.15) is 0 Å². The van der Waals surface area contributed by atoms with Crippen molar-refractivity contribution in [3.05, 3.63) is 59.2 Å². The van der Waals surface area contributed by atoms with Crippen LogP contribution < -0.4 is 0 Å². The first-order valence-corrected chi connectivity index (χ1v) is 6.30. The molecule has 0 saturated heterocycles. The maximum atomic E-state index is 10.5. The normalized spacial score (nSPS) is 19.6. The van der Waals surface area contributed by atoms with Gasteiger partial charge < -0.3 is 5.11 Å². The van der Waals surface area contributed by atoms with Crippen molar-refractivity contribution < 1.29 is 5.11 Å². The van der Waals surface area contributed by atoms with Gasteiger partial charge in [-0.1, -0.05) is 6.07 Å². The highest BCUT2D eigenvalue weighted by molar-refractivity contribution is 5.32. The zero-order valence-corrected chi connectivity index (χ0v) is 10.4. The van der Waals surface area contributed by atoms with Crippen LogP contribution >= 0.6 is 0 Å². The number of aromatic nitrogens is 2. The van der Waals surface area contributed by atoms with Gasteiger partial charge in [0.2, 0.25) is 0 Å². The molecule has 1 aliphatic carbocycles. The maximum absolute atomic E-state index is 10.5. The van der Waals surface area contributed by atoms with Crippen molar-refractivity contribution in [2.45, 2.75) is 31.8 Å². The minimum atomic E-state index is -0.483. The van der Waals surface area contributed by atoms with Gasteiger partial charge in [0.25, 0.3) is 0 Å². The van der Waals surface area contributed by atoms with Crippen LogP contribution in [0.5, 0.6) is 0 Å². The average molecular weight is 240 g/mol. The predicted molar refractivity (Wildman–Crippen MR) is 69.2 cm³/mol. The van der Waals surface area contributed by atoms with E-state index in [1.807, 2.05) is 31.3 Å². The Balaban J connectivity index is 1.93. The lowest BCUT2D eigenvalue weighted by Gasteiger charge is -2.18. The SMILES string of the molecule is Cc1cc(C(O)C2CCc3cccnc32)ccn1. The largest absolute Gasteiger partial charge is 0.388 e. The molecule has 0 fully saturated rings. The molecule has 0 aliphatic heterocycles. The summed E-state index contributed by atoms with van der Waals surface area (Å²) >= 11 is 0. The summed E-state index contributed by atoms with van der Waals surface area (Å²) < 4.78 is 0. The van der Waals surface area contributed by atoms with Crippen LogP contribution in [-0.4, -0.2) is 15.1 Å². The zero-order valence-electron chi connectivity index (χ0n) is 10.4. The fourth-order valence-electron chi connectivity index (χ4n) is 2.73. The van der Waals surface area contributed by atoms with E-state index >= 15 is 0 Å². The highest BCUT2D eigenvalue weighted by atomic mass is 16.3. The fraction of sp³-hybridized carbons (Fsp3) is 0.333. The van der Waals surface area contributed by atoms with Crippen molar-refractivity contribution in [1.82, 2.24) is 9.97 Å². The number of aliphatic hydroxyl groups is 1. The van der Waals surface area contributed by atoms with Crippen LogP contribution in [0.25, 0.3) is 0 Å². The van der Waals surface area contributed by atoms with Crippen LogP contribution in [-0.2, 0) is 6.42 Å². The number of aliphatic hydroxyl groups excluding tert-OH is 1. The second-order valence-corrected chi connectivity index (χ2v) is 4.87. The molecule has 3 heteroatoms. The Kier molecular flexibility index (Phi) is 2.84. The molecule has 2 atom stereocenters. The monoisotopic (exact) mass is 240 g/mol. The Hall–Kier alpha value is -1.74. The minimum Gasteiger partial charge on any atom is -0.388 e. The van der Waals surface area contributed by atoms with Gasteiger partial charge in [0.05, 0.1) is 6.10 Å². The quantitative estimate of drug-likeness (QED) is 0.877. The van der Waals surface area contributed by atoms with Crippen molar-refractivity contribution in [3.63, 3.8) is 0 Å². The summed E-state index contributed by atoms with van der Waals surface area (Å²) in [6, 6.07) is 7.90. The summed E-state index contributed by atoms with van der Waals surface area (Å²) in [4.78, 5) is 8.60. The van der Waals surface area contributed by atoms with Crippen LogP contribution in [0, 0.1) is 6.92 Å². The van der Waals surface area contributed by atoms with Crippen molar-refractivity contribution in [2.75, 3.05) is 0 Å². The van der Waals surface area contributed by atoms with E-state index in [1.165, 1.54) is 5.56 Å². The Morgan fingerprint density at radius 2 is 2.17 bits per heavy atom. The Morgan fingerprint density at radius 1 is 1.28 bits per heavy atom. The molecular weight excluding hydrogens is 224 g/mol. The first kappa shape index (κ1) is 11.4. The Labute approximate surface area is 107 Å². The van der Waals surface area contributed by atoms with Crippen LogP contribution in [0.1, 0.15) is 41.0 Å². The Morgan fingerprint density at radius 3 is 3.00 bits per heavy atom. The first-order chi connectivity index (χ1) is 8.75. The first-order valence-electron chi connectivity index (χ1n) is 6.30. The molecule has 0 radical (unpaired) electrons. The number of hydrogen-bond acceptors (Lipinski definition) is 3. The van der Waals surface area contributed by atoms with Gasteiger partial charge in [-0.15, -0.1) is 0 Å². The molecule has 0 amide bonds. The van der Waals surface area contributed by atoms with Crippen molar-refractivity contribution in [2.24, 2.45) is 0 Å². The number of aryl methyl sites for hydroxylation is 2. The predicted octanol–water partition coefficient (Wildman–Crippen LogP) is 2.55. The summed E-state index contributed by atoms with van der Waals surface area (Å²) in [5, 5.41) is 10.5. The molecule has 0 saturated carbocycles. The molecule has 3 rings (SSSR count). The van der Waals surface area contributed by atoms with Crippen LogP contribution in [0.4, 0.5) is 0 Å². The second kappa shape index (κ2) is 4.50. The lowest BCUT2D eigenvalue weighted by atomic mass is 9.94. The number of fused-ring (bicyclic) bond motifs is 1. The molecule has 92 valence electrons. The molecule has 1 N–H and O–H groups in total. The van der Waals surface area contributed by atoms with E-state index in [2.05, 4.69) is 16.0 Å². The highest BCUT2D eigenvalue weighted by Gasteiger charge is 2.30. The summed E-state index contributed by atoms with van der Waals surface area (Å²) in [6.07, 6.45) is 5.05. The van der Waals surface area contributed by atoms with Gasteiger partial charge in [-0.3, -0.25) is 9.97 Å². The van der Waals surface area contributed by atoms with E-state index in [4.69, 9.17) is 0 Å². The third-order valence-corrected chi connectivity index (χ3v) is 3.65. The third-order valence-electron chi connectivity index (χ3n) is 3.65.